The highest BCUT2D eigenvalue weighted by molar-refractivity contribution is 6.36. The quantitative estimate of drug-likeness (QED) is 0.218. The first-order valence-corrected chi connectivity index (χ1v) is 16.7. The Morgan fingerprint density at radius 3 is 2.37 bits per heavy atom. The average Bonchev–Trinajstić information content (AvgIpc) is 3.38. The van der Waals surface area contributed by atoms with Gasteiger partial charge in [0, 0.05) is 29.2 Å². The minimum Gasteiger partial charge on any atom is -0.493 e. The monoisotopic (exact) mass is 625 g/mol. The van der Waals surface area contributed by atoms with Crippen LogP contribution in [0.4, 0.5) is 0 Å². The first-order chi connectivity index (χ1) is 20.4. The molecule has 5 nitrogen and oxygen atoms in total. The Balaban J connectivity index is 1.63. The molecule has 2 aromatic carbocycles. The molecule has 1 aliphatic carbocycles. The number of rotatable bonds is 12. The highest BCUT2D eigenvalue weighted by Gasteiger charge is 2.34. The van der Waals surface area contributed by atoms with Crippen molar-refractivity contribution in [2.24, 2.45) is 23.2 Å². The van der Waals surface area contributed by atoms with Crippen LogP contribution >= 0.6 is 23.2 Å². The van der Waals surface area contributed by atoms with E-state index in [0.29, 0.717) is 34.9 Å². The van der Waals surface area contributed by atoms with E-state index in [1.807, 2.05) is 24.3 Å². The molecular formula is C36H49Cl2N3O2. The molecule has 1 saturated carbocycles. The van der Waals surface area contributed by atoms with Gasteiger partial charge in [-0.15, -0.1) is 0 Å². The van der Waals surface area contributed by atoms with Crippen LogP contribution in [0.5, 0.6) is 5.75 Å². The number of carbonyl (C=O) groups is 1. The first-order valence-electron chi connectivity index (χ1n) is 16.0. The Morgan fingerprint density at radius 2 is 1.77 bits per heavy atom. The molecule has 0 spiro atoms. The number of amides is 1. The summed E-state index contributed by atoms with van der Waals surface area (Å²) in [5.41, 5.74) is 3.02. The van der Waals surface area contributed by atoms with Crippen molar-refractivity contribution in [1.82, 2.24) is 14.9 Å². The Hall–Kier alpha value is -2.50. The Labute approximate surface area is 268 Å². The van der Waals surface area contributed by atoms with Gasteiger partial charge in [0.15, 0.2) is 0 Å². The molecule has 0 saturated heterocycles. The number of hydrogen-bond acceptors (Lipinski definition) is 3. The standard InChI is InChI=1S/C36H49Cl2N3O2/c1-7-8-19-41-22-33(30-18-15-28(37)21-31(30)38)39-34(41)32(20-25-9-16-29(17-10-25)43-23-24(2)3)40-35(42)26-11-13-27(14-12-26)36(4,5)6/h9-10,15-18,21-22,24,26-27,32H,7-8,11-14,19-20,23H2,1-6H3,(H,40,42). The second kappa shape index (κ2) is 15.0. The van der Waals surface area contributed by atoms with Crippen LogP contribution in [-0.2, 0) is 17.8 Å². The number of ether oxygens (including phenoxy) is 1. The van der Waals surface area contributed by atoms with E-state index in [2.05, 4.69) is 69.8 Å². The normalized spacial score (nSPS) is 18.1. The minimum atomic E-state index is -0.285. The molecule has 3 aromatic rings. The lowest BCUT2D eigenvalue weighted by Crippen LogP contribution is -2.38. The topological polar surface area (TPSA) is 56.1 Å². The fourth-order valence-corrected chi connectivity index (χ4v) is 6.49. The Morgan fingerprint density at radius 1 is 1.07 bits per heavy atom. The molecule has 1 unspecified atom stereocenters. The van der Waals surface area contributed by atoms with E-state index >= 15 is 0 Å². The summed E-state index contributed by atoms with van der Waals surface area (Å²) in [6.45, 7) is 14.9. The number of hydrogen-bond donors (Lipinski definition) is 1. The van der Waals surface area contributed by atoms with Gasteiger partial charge in [0.05, 0.1) is 23.4 Å². The number of nitrogens with one attached hydrogen (secondary N) is 1. The van der Waals surface area contributed by atoms with Gasteiger partial charge in [0.1, 0.15) is 11.6 Å². The highest BCUT2D eigenvalue weighted by atomic mass is 35.5. The fourth-order valence-electron chi connectivity index (χ4n) is 5.98. The summed E-state index contributed by atoms with van der Waals surface area (Å²) in [7, 11) is 0. The zero-order valence-electron chi connectivity index (χ0n) is 26.8. The van der Waals surface area contributed by atoms with Gasteiger partial charge in [0.2, 0.25) is 5.91 Å². The molecule has 0 aliphatic heterocycles. The molecule has 4 rings (SSSR count). The lowest BCUT2D eigenvalue weighted by atomic mass is 9.69. The van der Waals surface area contributed by atoms with Crippen LogP contribution in [0.25, 0.3) is 11.3 Å². The van der Waals surface area contributed by atoms with Gasteiger partial charge in [0.25, 0.3) is 0 Å². The third-order valence-corrected chi connectivity index (χ3v) is 9.21. The van der Waals surface area contributed by atoms with E-state index in [0.717, 1.165) is 73.5 Å². The molecular weight excluding hydrogens is 577 g/mol. The van der Waals surface area contributed by atoms with Gasteiger partial charge >= 0.3 is 0 Å². The minimum absolute atomic E-state index is 0.0251. The molecule has 1 atom stereocenters. The van der Waals surface area contributed by atoms with Gasteiger partial charge in [-0.1, -0.05) is 83.3 Å². The first kappa shape index (κ1) is 33.4. The summed E-state index contributed by atoms with van der Waals surface area (Å²) in [6, 6.07) is 13.5. The summed E-state index contributed by atoms with van der Waals surface area (Å²) in [5, 5.41) is 4.61. The number of nitrogens with zero attached hydrogens (tertiary/aromatic N) is 2. The molecule has 43 heavy (non-hydrogen) atoms. The smallest absolute Gasteiger partial charge is 0.223 e. The SMILES string of the molecule is CCCCn1cc(-c2ccc(Cl)cc2Cl)nc1C(Cc1ccc(OCC(C)C)cc1)NC(=O)C1CCC(C(C)(C)C)CC1. The fraction of sp³-hybridized carbons (Fsp3) is 0.556. The highest BCUT2D eigenvalue weighted by Crippen LogP contribution is 2.40. The summed E-state index contributed by atoms with van der Waals surface area (Å²) >= 11 is 12.8. The number of unbranched alkanes of at least 4 members (excludes halogenated alkanes) is 1. The number of aromatic nitrogens is 2. The maximum Gasteiger partial charge on any atom is 0.223 e. The van der Waals surface area contributed by atoms with Gasteiger partial charge in [-0.05, 0) is 91.7 Å². The van der Waals surface area contributed by atoms with Crippen LogP contribution in [0.15, 0.2) is 48.7 Å². The molecule has 7 heteroatoms. The third kappa shape index (κ3) is 9.25. The number of benzene rings is 2. The molecule has 1 fully saturated rings. The number of aryl methyl sites for hydroxylation is 1. The van der Waals surface area contributed by atoms with Crippen molar-refractivity contribution in [1.29, 1.82) is 0 Å². The lowest BCUT2D eigenvalue weighted by Gasteiger charge is -2.36. The molecule has 0 radical (unpaired) electrons. The van der Waals surface area contributed by atoms with Gasteiger partial charge in [-0.3, -0.25) is 4.79 Å². The van der Waals surface area contributed by atoms with E-state index in [-0.39, 0.29) is 23.3 Å². The largest absolute Gasteiger partial charge is 0.493 e. The Bertz CT molecular complexity index is 1340. The molecule has 1 amide bonds. The number of imidazole rings is 1. The Kier molecular flexibility index (Phi) is 11.6. The average molecular weight is 627 g/mol. The van der Waals surface area contributed by atoms with Crippen LogP contribution < -0.4 is 10.1 Å². The zero-order valence-corrected chi connectivity index (χ0v) is 28.3. The van der Waals surface area contributed by atoms with E-state index in [9.17, 15) is 4.79 Å². The molecule has 1 heterocycles. The zero-order chi connectivity index (χ0) is 31.1. The van der Waals surface area contributed by atoms with Gasteiger partial charge < -0.3 is 14.6 Å². The molecule has 0 bridgehead atoms. The number of carbonyl (C=O) groups excluding carboxylic acids is 1. The summed E-state index contributed by atoms with van der Waals surface area (Å²) in [6.07, 6.45) is 8.80. The van der Waals surface area contributed by atoms with E-state index in [1.54, 1.807) is 6.07 Å². The summed E-state index contributed by atoms with van der Waals surface area (Å²) < 4.78 is 8.12. The van der Waals surface area contributed by atoms with Gasteiger partial charge in [-0.2, -0.15) is 0 Å². The van der Waals surface area contributed by atoms with E-state index in [4.69, 9.17) is 32.9 Å². The van der Waals surface area contributed by atoms with Crippen LogP contribution in [0.2, 0.25) is 10.0 Å². The van der Waals surface area contributed by atoms with Crippen molar-refractivity contribution in [2.45, 2.75) is 99.1 Å². The van der Waals surface area contributed by atoms with E-state index < -0.39 is 0 Å². The van der Waals surface area contributed by atoms with E-state index in [1.165, 1.54) is 0 Å². The maximum absolute atomic E-state index is 13.8. The second-order valence-electron chi connectivity index (χ2n) is 13.7. The molecule has 1 N–H and O–H groups in total. The summed E-state index contributed by atoms with van der Waals surface area (Å²) in [4.78, 5) is 18.9. The second-order valence-corrected chi connectivity index (χ2v) is 14.5. The van der Waals surface area contributed by atoms with Crippen molar-refractivity contribution in [3.05, 3.63) is 70.1 Å². The molecule has 234 valence electrons. The van der Waals surface area contributed by atoms with Crippen molar-refractivity contribution >= 4 is 29.1 Å². The molecule has 1 aliphatic rings. The van der Waals surface area contributed by atoms with Crippen molar-refractivity contribution in [3.8, 4) is 17.0 Å². The lowest BCUT2D eigenvalue weighted by molar-refractivity contribution is -0.127. The predicted octanol–water partition coefficient (Wildman–Crippen LogP) is 9.94. The van der Waals surface area contributed by atoms with Crippen LogP contribution in [0, 0.1) is 23.2 Å². The molecule has 1 aromatic heterocycles. The van der Waals surface area contributed by atoms with Gasteiger partial charge in [-0.25, -0.2) is 4.98 Å². The number of halogens is 2. The van der Waals surface area contributed by atoms with Crippen LogP contribution in [0.1, 0.15) is 97.5 Å². The van der Waals surface area contributed by atoms with Crippen molar-refractivity contribution in [3.63, 3.8) is 0 Å². The third-order valence-electron chi connectivity index (χ3n) is 8.66. The maximum atomic E-state index is 13.8. The van der Waals surface area contributed by atoms with Crippen LogP contribution in [-0.4, -0.2) is 22.1 Å². The summed E-state index contributed by atoms with van der Waals surface area (Å²) in [5.74, 6) is 2.98. The van der Waals surface area contributed by atoms with Crippen molar-refractivity contribution < 1.29 is 9.53 Å². The predicted molar refractivity (Wildman–Crippen MR) is 179 cm³/mol. The van der Waals surface area contributed by atoms with Crippen molar-refractivity contribution in [2.75, 3.05) is 6.61 Å². The van der Waals surface area contributed by atoms with Crippen LogP contribution in [0.3, 0.4) is 0 Å².